The van der Waals surface area contributed by atoms with Gasteiger partial charge in [0, 0.05) is 10.6 Å². The van der Waals surface area contributed by atoms with Crippen LogP contribution in [0, 0.1) is 0 Å². The van der Waals surface area contributed by atoms with Crippen LogP contribution in [0.4, 0.5) is 0 Å². The smallest absolute Gasteiger partial charge is 0.272 e. The fraction of sp³-hybridized carbons (Fsp3) is 0.250. The Morgan fingerprint density at radius 3 is 2.79 bits per heavy atom. The number of nitrogens with one attached hydrogen (secondary N) is 1. The second kappa shape index (κ2) is 5.80. The van der Waals surface area contributed by atoms with Crippen molar-refractivity contribution < 1.29 is 9.53 Å². The number of rotatable bonds is 1. The van der Waals surface area contributed by atoms with Crippen LogP contribution in [0.5, 0.6) is 5.75 Å². The zero-order valence-electron chi connectivity index (χ0n) is 9.50. The molecule has 0 fully saturated rings. The molecule has 1 atom stereocenters. The Hall–Kier alpha value is -0.610. The van der Waals surface area contributed by atoms with Crippen LogP contribution in [0.2, 0.25) is 5.02 Å². The van der Waals surface area contributed by atoms with Gasteiger partial charge in [-0.1, -0.05) is 58.5 Å². The van der Waals surface area contributed by atoms with Gasteiger partial charge in [-0.05, 0) is 18.2 Å². The maximum absolute atomic E-state index is 11.7. The zero-order valence-corrected chi connectivity index (χ0v) is 12.5. The van der Waals surface area contributed by atoms with Gasteiger partial charge in [0.25, 0.3) is 9.70 Å². The monoisotopic (exact) mass is 339 g/mol. The molecule has 1 aromatic carbocycles. The molecule has 7 heteroatoms. The van der Waals surface area contributed by atoms with Crippen molar-refractivity contribution in [1.29, 1.82) is 0 Å². The molecule has 0 saturated carbocycles. The first-order valence-corrected chi connectivity index (χ1v) is 6.86. The molecule has 2 rings (SSSR count). The lowest BCUT2D eigenvalue weighted by molar-refractivity contribution is -0.120. The van der Waals surface area contributed by atoms with Crippen LogP contribution in [0.25, 0.3) is 0 Å². The third-order valence-electron chi connectivity index (χ3n) is 2.52. The molecule has 0 radical (unpaired) electrons. The maximum Gasteiger partial charge on any atom is 0.272 e. The Bertz CT molecular complexity index is 525. The Morgan fingerprint density at radius 2 is 2.11 bits per heavy atom. The molecule has 19 heavy (non-hydrogen) atoms. The van der Waals surface area contributed by atoms with Gasteiger partial charge in [0.05, 0.1) is 6.04 Å². The third-order valence-corrected chi connectivity index (χ3v) is 3.27. The lowest BCUT2D eigenvalue weighted by Gasteiger charge is -2.19. The van der Waals surface area contributed by atoms with Crippen molar-refractivity contribution in [3.05, 3.63) is 40.9 Å². The van der Waals surface area contributed by atoms with E-state index in [9.17, 15) is 4.79 Å². The predicted molar refractivity (Wildman–Crippen MR) is 77.3 cm³/mol. The average molecular weight is 341 g/mol. The van der Waals surface area contributed by atoms with E-state index in [1.54, 1.807) is 30.4 Å². The summed E-state index contributed by atoms with van der Waals surface area (Å²) in [5.41, 5.74) is 0.751. The van der Waals surface area contributed by atoms with Gasteiger partial charge in [-0.15, -0.1) is 0 Å². The molecule has 3 nitrogen and oxygen atoms in total. The number of carbonyl (C=O) groups excluding carboxylic acids is 1. The van der Waals surface area contributed by atoms with Crippen LogP contribution in [-0.4, -0.2) is 16.3 Å². The number of alkyl halides is 3. The molecule has 1 N–H and O–H groups in total. The molecular formula is C12H9Cl4NO2. The highest BCUT2D eigenvalue weighted by atomic mass is 35.6. The highest BCUT2D eigenvalue weighted by molar-refractivity contribution is 6.76. The highest BCUT2D eigenvalue weighted by Crippen LogP contribution is 2.33. The van der Waals surface area contributed by atoms with E-state index in [4.69, 9.17) is 51.1 Å². The summed E-state index contributed by atoms with van der Waals surface area (Å²) in [7, 11) is 0. The van der Waals surface area contributed by atoms with Crippen LogP contribution < -0.4 is 10.1 Å². The fourth-order valence-electron chi connectivity index (χ4n) is 1.67. The summed E-state index contributed by atoms with van der Waals surface area (Å²) < 4.78 is 3.50. The minimum Gasteiger partial charge on any atom is -0.489 e. The van der Waals surface area contributed by atoms with Gasteiger partial charge >= 0.3 is 0 Å². The normalized spacial score (nSPS) is 18.2. The van der Waals surface area contributed by atoms with Crippen molar-refractivity contribution in [2.75, 3.05) is 6.61 Å². The first kappa shape index (κ1) is 14.8. The largest absolute Gasteiger partial charge is 0.489 e. The van der Waals surface area contributed by atoms with Crippen molar-refractivity contribution in [1.82, 2.24) is 5.32 Å². The SMILES string of the molecule is O=C(NC1C=CCOc2cc(Cl)ccc21)C(Cl)(Cl)Cl. The van der Waals surface area contributed by atoms with Crippen LogP contribution in [0.15, 0.2) is 30.4 Å². The van der Waals surface area contributed by atoms with Crippen LogP contribution >= 0.6 is 46.4 Å². The quantitative estimate of drug-likeness (QED) is 0.623. The number of hydrogen-bond donors (Lipinski definition) is 1. The van der Waals surface area contributed by atoms with Crippen LogP contribution in [-0.2, 0) is 4.79 Å². The van der Waals surface area contributed by atoms with E-state index in [1.165, 1.54) is 0 Å². The van der Waals surface area contributed by atoms with Gasteiger partial charge in [0.2, 0.25) is 0 Å². The van der Waals surface area contributed by atoms with Crippen molar-refractivity contribution in [3.63, 3.8) is 0 Å². The van der Waals surface area contributed by atoms with Gasteiger partial charge in [0.15, 0.2) is 0 Å². The predicted octanol–water partition coefficient (Wildman–Crippen LogP) is 3.82. The maximum atomic E-state index is 11.7. The summed E-state index contributed by atoms with van der Waals surface area (Å²) in [6, 6.07) is 4.71. The second-order valence-electron chi connectivity index (χ2n) is 3.87. The summed E-state index contributed by atoms with van der Waals surface area (Å²) in [5.74, 6) is -0.109. The zero-order chi connectivity index (χ0) is 14.0. The molecule has 1 heterocycles. The van der Waals surface area contributed by atoms with Gasteiger partial charge in [0.1, 0.15) is 12.4 Å². The Morgan fingerprint density at radius 1 is 1.37 bits per heavy atom. The summed E-state index contributed by atoms with van der Waals surface area (Å²) in [5, 5.41) is 3.18. The van der Waals surface area contributed by atoms with Crippen molar-refractivity contribution in [2.45, 2.75) is 9.83 Å². The second-order valence-corrected chi connectivity index (χ2v) is 6.59. The lowest BCUT2D eigenvalue weighted by Crippen LogP contribution is -2.36. The van der Waals surface area contributed by atoms with Crippen LogP contribution in [0.1, 0.15) is 11.6 Å². The van der Waals surface area contributed by atoms with Gasteiger partial charge in [-0.25, -0.2) is 0 Å². The first-order valence-electron chi connectivity index (χ1n) is 5.34. The van der Waals surface area contributed by atoms with E-state index in [0.717, 1.165) is 5.56 Å². The first-order chi connectivity index (χ1) is 8.88. The third kappa shape index (κ3) is 3.69. The number of carbonyl (C=O) groups is 1. The van der Waals surface area contributed by atoms with Gasteiger partial charge < -0.3 is 10.1 Å². The van der Waals surface area contributed by atoms with E-state index < -0.39 is 15.7 Å². The molecule has 1 aliphatic heterocycles. The molecule has 0 spiro atoms. The van der Waals surface area contributed by atoms with E-state index in [2.05, 4.69) is 5.32 Å². The topological polar surface area (TPSA) is 38.3 Å². The highest BCUT2D eigenvalue weighted by Gasteiger charge is 2.32. The molecule has 1 amide bonds. The molecule has 0 aliphatic carbocycles. The number of halogens is 4. The molecule has 0 saturated heterocycles. The average Bonchev–Trinajstić information content (AvgIpc) is 2.50. The summed E-state index contributed by atoms with van der Waals surface area (Å²) in [4.78, 5) is 11.7. The molecule has 1 aromatic rings. The Balaban J connectivity index is 2.29. The number of benzene rings is 1. The number of ether oxygens (including phenoxy) is 1. The fourth-order valence-corrected chi connectivity index (χ4v) is 2.00. The molecule has 1 unspecified atom stereocenters. The minimum absolute atomic E-state index is 0.382. The number of hydrogen-bond acceptors (Lipinski definition) is 2. The van der Waals surface area contributed by atoms with Crippen molar-refractivity contribution in [3.8, 4) is 5.75 Å². The molecule has 0 bridgehead atoms. The summed E-state index contributed by atoms with van der Waals surface area (Å²) in [6.45, 7) is 0.382. The Labute approximate surface area is 130 Å². The van der Waals surface area contributed by atoms with E-state index in [0.29, 0.717) is 17.4 Å². The number of amides is 1. The van der Waals surface area contributed by atoms with Gasteiger partial charge in [-0.3, -0.25) is 4.79 Å². The van der Waals surface area contributed by atoms with E-state index in [1.807, 2.05) is 0 Å². The van der Waals surface area contributed by atoms with Crippen molar-refractivity contribution >= 4 is 52.3 Å². The standard InChI is InChI=1S/C12H9Cl4NO2/c13-7-3-4-8-9(17-11(18)12(14,15)16)2-1-5-19-10(8)6-7/h1-4,6,9H,5H2,(H,17,18). The molecule has 0 aromatic heterocycles. The number of fused-ring (bicyclic) bond motifs is 1. The van der Waals surface area contributed by atoms with Crippen LogP contribution in [0.3, 0.4) is 0 Å². The van der Waals surface area contributed by atoms with Crippen molar-refractivity contribution in [2.24, 2.45) is 0 Å². The minimum atomic E-state index is -2.01. The van der Waals surface area contributed by atoms with E-state index in [-0.39, 0.29) is 0 Å². The lowest BCUT2D eigenvalue weighted by atomic mass is 10.1. The molecule has 102 valence electrons. The van der Waals surface area contributed by atoms with Gasteiger partial charge in [-0.2, -0.15) is 0 Å². The molecular weight excluding hydrogens is 332 g/mol. The summed E-state index contributed by atoms with van der Waals surface area (Å²) >= 11 is 22.5. The Kier molecular flexibility index (Phi) is 4.51. The summed E-state index contributed by atoms with van der Waals surface area (Å²) in [6.07, 6.45) is 3.55. The molecule has 1 aliphatic rings. The van der Waals surface area contributed by atoms with E-state index >= 15 is 0 Å².